The number of phenolic OH excluding ortho intramolecular Hbond substituents is 2. The summed E-state index contributed by atoms with van der Waals surface area (Å²) in [5.41, 5.74) is 0.0752. The van der Waals surface area contributed by atoms with Gasteiger partial charge in [0.1, 0.15) is 17.1 Å². The molecule has 0 aliphatic rings. The highest BCUT2D eigenvalue weighted by Gasteiger charge is 2.12. The van der Waals surface area contributed by atoms with Gasteiger partial charge in [0.2, 0.25) is 0 Å². The zero-order valence-electron chi connectivity index (χ0n) is 9.08. The van der Waals surface area contributed by atoms with Crippen LogP contribution in [0.5, 0.6) is 11.5 Å². The fraction of sp³-hybridized carbons (Fsp3) is 0. The van der Waals surface area contributed by atoms with Crippen molar-refractivity contribution in [2.75, 3.05) is 0 Å². The molecule has 0 saturated heterocycles. The van der Waals surface area contributed by atoms with Crippen LogP contribution in [0.15, 0.2) is 44.9 Å². The molecule has 0 atom stereocenters. The van der Waals surface area contributed by atoms with Crippen LogP contribution in [0.2, 0.25) is 0 Å². The number of hydrogen-bond donors (Lipinski definition) is 2. The first-order chi connectivity index (χ1) is 8.65. The van der Waals surface area contributed by atoms with E-state index in [1.807, 2.05) is 11.4 Å². The van der Waals surface area contributed by atoms with Gasteiger partial charge in [-0.2, -0.15) is 0 Å². The molecule has 3 rings (SSSR count). The van der Waals surface area contributed by atoms with E-state index in [-0.39, 0.29) is 17.1 Å². The summed E-state index contributed by atoms with van der Waals surface area (Å²) in [4.78, 5) is 12.6. The molecule has 2 aromatic heterocycles. The smallest absolute Gasteiger partial charge is 0.345 e. The van der Waals surface area contributed by atoms with E-state index in [0.717, 1.165) is 4.88 Å². The van der Waals surface area contributed by atoms with E-state index in [0.29, 0.717) is 10.9 Å². The highest BCUT2D eigenvalue weighted by Crippen LogP contribution is 2.32. The second-order valence-electron chi connectivity index (χ2n) is 3.80. The third kappa shape index (κ3) is 1.65. The summed E-state index contributed by atoms with van der Waals surface area (Å²) in [5.74, 6) is -0.265. The Morgan fingerprint density at radius 3 is 2.72 bits per heavy atom. The summed E-state index contributed by atoms with van der Waals surface area (Å²) in [5, 5.41) is 21.3. The largest absolute Gasteiger partial charge is 0.508 e. The monoisotopic (exact) mass is 260 g/mol. The molecule has 5 heteroatoms. The van der Waals surface area contributed by atoms with Crippen LogP contribution in [0.3, 0.4) is 0 Å². The number of rotatable bonds is 1. The van der Waals surface area contributed by atoms with E-state index in [4.69, 9.17) is 4.42 Å². The Hall–Kier alpha value is -2.27. The van der Waals surface area contributed by atoms with Gasteiger partial charge in [-0.15, -0.1) is 11.3 Å². The van der Waals surface area contributed by atoms with Gasteiger partial charge in [-0.25, -0.2) is 4.79 Å². The van der Waals surface area contributed by atoms with Crippen molar-refractivity contribution in [1.82, 2.24) is 0 Å². The first-order valence-electron chi connectivity index (χ1n) is 5.19. The van der Waals surface area contributed by atoms with Gasteiger partial charge >= 0.3 is 5.63 Å². The summed E-state index contributed by atoms with van der Waals surface area (Å²) in [6.07, 6.45) is 0. The normalized spacial score (nSPS) is 10.9. The van der Waals surface area contributed by atoms with Gasteiger partial charge in [0.05, 0.1) is 10.9 Å². The molecule has 2 N–H and O–H groups in total. The molecular weight excluding hydrogens is 252 g/mol. The van der Waals surface area contributed by atoms with Gasteiger partial charge in [-0.3, -0.25) is 0 Å². The van der Waals surface area contributed by atoms with Gasteiger partial charge < -0.3 is 14.6 Å². The van der Waals surface area contributed by atoms with Gasteiger partial charge in [0.15, 0.2) is 0 Å². The van der Waals surface area contributed by atoms with Crippen LogP contribution in [0, 0.1) is 0 Å². The first kappa shape index (κ1) is 10.9. The number of benzene rings is 1. The first-order valence-corrected chi connectivity index (χ1v) is 6.07. The van der Waals surface area contributed by atoms with Crippen molar-refractivity contribution in [2.45, 2.75) is 0 Å². The number of thiophene rings is 1. The maximum absolute atomic E-state index is 11.8. The Morgan fingerprint density at radius 1 is 1.17 bits per heavy atom. The molecule has 0 fully saturated rings. The van der Waals surface area contributed by atoms with Crippen molar-refractivity contribution in [2.24, 2.45) is 0 Å². The van der Waals surface area contributed by atoms with E-state index >= 15 is 0 Å². The van der Waals surface area contributed by atoms with Gasteiger partial charge in [-0.1, -0.05) is 6.07 Å². The minimum atomic E-state index is -0.491. The second kappa shape index (κ2) is 3.89. The average Bonchev–Trinajstić information content (AvgIpc) is 2.81. The van der Waals surface area contributed by atoms with Gasteiger partial charge in [0, 0.05) is 17.0 Å². The number of aromatic hydroxyl groups is 2. The van der Waals surface area contributed by atoms with Crippen LogP contribution < -0.4 is 5.63 Å². The molecule has 0 aliphatic heterocycles. The maximum Gasteiger partial charge on any atom is 0.345 e. The lowest BCUT2D eigenvalue weighted by Crippen LogP contribution is -2.01. The van der Waals surface area contributed by atoms with E-state index in [1.165, 1.54) is 23.5 Å². The molecule has 0 aliphatic carbocycles. The standard InChI is InChI=1S/C13H8O4S/c14-7-4-10(15)8-6-9(12-2-1-3-18-12)13(16)17-11(8)5-7/h1-6,14-15H. The Labute approximate surface area is 105 Å². The van der Waals surface area contributed by atoms with E-state index in [9.17, 15) is 15.0 Å². The Morgan fingerprint density at radius 2 is 2.00 bits per heavy atom. The molecule has 90 valence electrons. The summed E-state index contributed by atoms with van der Waals surface area (Å²) in [6, 6.07) is 7.72. The van der Waals surface area contributed by atoms with Crippen molar-refractivity contribution in [3.63, 3.8) is 0 Å². The van der Waals surface area contributed by atoms with Gasteiger partial charge in [0.25, 0.3) is 0 Å². The number of hydrogen-bond acceptors (Lipinski definition) is 5. The molecule has 0 saturated carbocycles. The summed E-state index contributed by atoms with van der Waals surface area (Å²) in [7, 11) is 0. The van der Waals surface area contributed by atoms with Crippen molar-refractivity contribution >= 4 is 22.3 Å². The molecular formula is C13H8O4S. The van der Waals surface area contributed by atoms with Crippen molar-refractivity contribution in [3.05, 3.63) is 46.1 Å². The Kier molecular flexibility index (Phi) is 2.34. The highest BCUT2D eigenvalue weighted by atomic mass is 32.1. The average molecular weight is 260 g/mol. The molecule has 0 radical (unpaired) electrons. The predicted molar refractivity (Wildman–Crippen MR) is 69.1 cm³/mol. The van der Waals surface area contributed by atoms with Crippen LogP contribution >= 0.6 is 11.3 Å². The Bertz CT molecular complexity index is 772. The SMILES string of the molecule is O=c1oc2cc(O)cc(O)c2cc1-c1cccs1. The quantitative estimate of drug-likeness (QED) is 0.660. The molecule has 18 heavy (non-hydrogen) atoms. The molecule has 1 aromatic carbocycles. The summed E-state index contributed by atoms with van der Waals surface area (Å²) in [6.45, 7) is 0. The third-order valence-corrected chi connectivity index (χ3v) is 3.51. The summed E-state index contributed by atoms with van der Waals surface area (Å²) < 4.78 is 5.11. The number of phenols is 2. The molecule has 0 bridgehead atoms. The molecule has 2 heterocycles. The van der Waals surface area contributed by atoms with Crippen LogP contribution in [-0.4, -0.2) is 10.2 Å². The minimum Gasteiger partial charge on any atom is -0.508 e. The Balaban J connectivity index is 2.37. The van der Waals surface area contributed by atoms with Crippen LogP contribution in [0.25, 0.3) is 21.4 Å². The van der Waals surface area contributed by atoms with Crippen molar-refractivity contribution < 1.29 is 14.6 Å². The molecule has 4 nitrogen and oxygen atoms in total. The van der Waals surface area contributed by atoms with E-state index < -0.39 is 5.63 Å². The molecule has 3 aromatic rings. The number of fused-ring (bicyclic) bond motifs is 1. The van der Waals surface area contributed by atoms with Crippen molar-refractivity contribution in [1.29, 1.82) is 0 Å². The van der Waals surface area contributed by atoms with Gasteiger partial charge in [-0.05, 0) is 17.5 Å². The fourth-order valence-electron chi connectivity index (χ4n) is 1.79. The lowest BCUT2D eigenvalue weighted by molar-refractivity contribution is 0.451. The molecule has 0 amide bonds. The highest BCUT2D eigenvalue weighted by molar-refractivity contribution is 7.13. The second-order valence-corrected chi connectivity index (χ2v) is 4.75. The van der Waals surface area contributed by atoms with Crippen molar-refractivity contribution in [3.8, 4) is 21.9 Å². The van der Waals surface area contributed by atoms with E-state index in [1.54, 1.807) is 12.1 Å². The third-order valence-electron chi connectivity index (χ3n) is 2.60. The topological polar surface area (TPSA) is 70.7 Å². The lowest BCUT2D eigenvalue weighted by atomic mass is 10.1. The summed E-state index contributed by atoms with van der Waals surface area (Å²) >= 11 is 1.42. The fourth-order valence-corrected chi connectivity index (χ4v) is 2.52. The molecule has 0 spiro atoms. The van der Waals surface area contributed by atoms with Crippen LogP contribution in [0.1, 0.15) is 0 Å². The molecule has 0 unspecified atom stereocenters. The van der Waals surface area contributed by atoms with Crippen LogP contribution in [-0.2, 0) is 0 Å². The minimum absolute atomic E-state index is 0.119. The maximum atomic E-state index is 11.8. The zero-order chi connectivity index (χ0) is 12.7. The van der Waals surface area contributed by atoms with E-state index in [2.05, 4.69) is 0 Å². The lowest BCUT2D eigenvalue weighted by Gasteiger charge is -2.03. The zero-order valence-corrected chi connectivity index (χ0v) is 9.90. The van der Waals surface area contributed by atoms with Crippen LogP contribution in [0.4, 0.5) is 0 Å². The predicted octanol–water partition coefficient (Wildman–Crippen LogP) is 2.93.